The second-order valence-electron chi connectivity index (χ2n) is 6.68. The Hall–Kier alpha value is -2.55. The molecule has 4 rings (SSSR count). The van der Waals surface area contributed by atoms with Crippen LogP contribution in [0.4, 0.5) is 0 Å². The molecule has 1 aliphatic carbocycles. The van der Waals surface area contributed by atoms with Crippen LogP contribution in [0.5, 0.6) is 0 Å². The molecule has 1 heterocycles. The highest BCUT2D eigenvalue weighted by molar-refractivity contribution is 5.89. The summed E-state index contributed by atoms with van der Waals surface area (Å²) in [6.07, 6.45) is 4.09. The SMILES string of the molecule is Cc1ccc2c(CC(=O)N[C@@H]3CCc4ccccc43)coc2c1C. The molecule has 0 saturated heterocycles. The van der Waals surface area contributed by atoms with Gasteiger partial charge in [0, 0.05) is 10.9 Å². The van der Waals surface area contributed by atoms with Crippen LogP contribution in [0.1, 0.15) is 40.3 Å². The zero-order valence-corrected chi connectivity index (χ0v) is 14.1. The third-order valence-corrected chi connectivity index (χ3v) is 5.16. The molecule has 24 heavy (non-hydrogen) atoms. The summed E-state index contributed by atoms with van der Waals surface area (Å²) in [5.41, 5.74) is 6.80. The normalized spacial score (nSPS) is 16.3. The van der Waals surface area contributed by atoms with Crippen LogP contribution < -0.4 is 5.32 Å². The lowest BCUT2D eigenvalue weighted by Crippen LogP contribution is -2.28. The van der Waals surface area contributed by atoms with Crippen LogP contribution in [0.15, 0.2) is 47.1 Å². The van der Waals surface area contributed by atoms with Gasteiger partial charge in [0.15, 0.2) is 0 Å². The zero-order chi connectivity index (χ0) is 16.7. The van der Waals surface area contributed by atoms with E-state index in [4.69, 9.17) is 4.42 Å². The maximum atomic E-state index is 12.5. The lowest BCUT2D eigenvalue weighted by Gasteiger charge is -2.13. The number of hydrogen-bond acceptors (Lipinski definition) is 2. The first-order chi connectivity index (χ1) is 11.6. The van der Waals surface area contributed by atoms with Crippen molar-refractivity contribution >= 4 is 16.9 Å². The molecule has 122 valence electrons. The number of nitrogens with one attached hydrogen (secondary N) is 1. The largest absolute Gasteiger partial charge is 0.464 e. The van der Waals surface area contributed by atoms with E-state index in [0.717, 1.165) is 34.9 Å². The Labute approximate surface area is 141 Å². The number of furan rings is 1. The van der Waals surface area contributed by atoms with Crippen molar-refractivity contribution in [3.05, 3.63) is 70.5 Å². The van der Waals surface area contributed by atoms with E-state index < -0.39 is 0 Å². The Morgan fingerprint density at radius 3 is 2.92 bits per heavy atom. The van der Waals surface area contributed by atoms with Gasteiger partial charge in [0.2, 0.25) is 5.91 Å². The number of benzene rings is 2. The fourth-order valence-electron chi connectivity index (χ4n) is 3.65. The summed E-state index contributed by atoms with van der Waals surface area (Å²) < 4.78 is 5.71. The molecule has 1 aliphatic rings. The van der Waals surface area contributed by atoms with Crippen LogP contribution in [-0.2, 0) is 17.6 Å². The van der Waals surface area contributed by atoms with Gasteiger partial charge in [0.25, 0.3) is 0 Å². The third kappa shape index (κ3) is 2.50. The number of hydrogen-bond donors (Lipinski definition) is 1. The average Bonchev–Trinajstić information content (AvgIpc) is 3.16. The van der Waals surface area contributed by atoms with Gasteiger partial charge in [0.1, 0.15) is 5.58 Å². The Morgan fingerprint density at radius 2 is 2.04 bits per heavy atom. The molecule has 3 nitrogen and oxygen atoms in total. The molecule has 1 amide bonds. The van der Waals surface area contributed by atoms with Crippen LogP contribution in [0.2, 0.25) is 0 Å². The molecule has 1 aromatic heterocycles. The van der Waals surface area contributed by atoms with Crippen LogP contribution >= 0.6 is 0 Å². The molecule has 0 unspecified atom stereocenters. The lowest BCUT2D eigenvalue weighted by atomic mass is 10.0. The molecule has 0 spiro atoms. The van der Waals surface area contributed by atoms with Crippen LogP contribution in [0.3, 0.4) is 0 Å². The van der Waals surface area contributed by atoms with Gasteiger partial charge in [-0.3, -0.25) is 4.79 Å². The molecule has 0 fully saturated rings. The second kappa shape index (κ2) is 5.82. The predicted molar refractivity (Wildman–Crippen MR) is 95.0 cm³/mol. The summed E-state index contributed by atoms with van der Waals surface area (Å²) in [4.78, 5) is 12.5. The Balaban J connectivity index is 1.52. The van der Waals surface area contributed by atoms with Crippen LogP contribution in [0, 0.1) is 13.8 Å². The molecule has 2 aromatic carbocycles. The molecule has 1 N–H and O–H groups in total. The number of aryl methyl sites for hydroxylation is 3. The summed E-state index contributed by atoms with van der Waals surface area (Å²) in [7, 11) is 0. The van der Waals surface area contributed by atoms with E-state index in [2.05, 4.69) is 49.5 Å². The quantitative estimate of drug-likeness (QED) is 0.777. The van der Waals surface area contributed by atoms with Gasteiger partial charge in [-0.15, -0.1) is 0 Å². The van der Waals surface area contributed by atoms with E-state index in [0.29, 0.717) is 6.42 Å². The first-order valence-corrected chi connectivity index (χ1v) is 8.47. The van der Waals surface area contributed by atoms with E-state index >= 15 is 0 Å². The van der Waals surface area contributed by atoms with Crippen molar-refractivity contribution in [3.63, 3.8) is 0 Å². The Morgan fingerprint density at radius 1 is 1.21 bits per heavy atom. The van der Waals surface area contributed by atoms with Gasteiger partial charge in [-0.25, -0.2) is 0 Å². The van der Waals surface area contributed by atoms with Gasteiger partial charge < -0.3 is 9.73 Å². The minimum absolute atomic E-state index is 0.0534. The van der Waals surface area contributed by atoms with E-state index in [9.17, 15) is 4.79 Å². The number of fused-ring (bicyclic) bond motifs is 2. The van der Waals surface area contributed by atoms with Gasteiger partial charge >= 0.3 is 0 Å². The highest BCUT2D eigenvalue weighted by Gasteiger charge is 2.23. The topological polar surface area (TPSA) is 42.2 Å². The van der Waals surface area contributed by atoms with Crippen molar-refractivity contribution in [2.75, 3.05) is 0 Å². The van der Waals surface area contributed by atoms with E-state index in [1.54, 1.807) is 6.26 Å². The Kier molecular flexibility index (Phi) is 3.64. The summed E-state index contributed by atoms with van der Waals surface area (Å²) in [6.45, 7) is 4.13. The molecule has 0 saturated carbocycles. The lowest BCUT2D eigenvalue weighted by molar-refractivity contribution is -0.121. The minimum Gasteiger partial charge on any atom is -0.464 e. The number of rotatable bonds is 3. The smallest absolute Gasteiger partial charge is 0.225 e. The molecule has 3 aromatic rings. The number of carbonyl (C=O) groups is 1. The fraction of sp³-hybridized carbons (Fsp3) is 0.286. The van der Waals surface area contributed by atoms with E-state index in [1.807, 2.05) is 6.07 Å². The van der Waals surface area contributed by atoms with E-state index in [-0.39, 0.29) is 11.9 Å². The summed E-state index contributed by atoms with van der Waals surface area (Å²) in [6, 6.07) is 12.6. The van der Waals surface area contributed by atoms with Crippen molar-refractivity contribution in [3.8, 4) is 0 Å². The van der Waals surface area contributed by atoms with Crippen molar-refractivity contribution in [2.45, 2.75) is 39.2 Å². The third-order valence-electron chi connectivity index (χ3n) is 5.16. The van der Waals surface area contributed by atoms with Gasteiger partial charge in [0.05, 0.1) is 18.7 Å². The zero-order valence-electron chi connectivity index (χ0n) is 14.1. The Bertz CT molecular complexity index is 923. The minimum atomic E-state index is 0.0534. The molecular formula is C21H21NO2. The summed E-state index contributed by atoms with van der Waals surface area (Å²) >= 11 is 0. The predicted octanol–water partition coefficient (Wildman–Crippen LogP) is 4.40. The van der Waals surface area contributed by atoms with Crippen molar-refractivity contribution in [2.24, 2.45) is 0 Å². The first kappa shape index (κ1) is 15.0. The van der Waals surface area contributed by atoms with Gasteiger partial charge in [-0.1, -0.05) is 36.4 Å². The first-order valence-electron chi connectivity index (χ1n) is 8.47. The van der Waals surface area contributed by atoms with Crippen LogP contribution in [0.25, 0.3) is 11.0 Å². The van der Waals surface area contributed by atoms with E-state index in [1.165, 1.54) is 16.7 Å². The van der Waals surface area contributed by atoms with Crippen molar-refractivity contribution in [1.82, 2.24) is 5.32 Å². The second-order valence-corrected chi connectivity index (χ2v) is 6.68. The highest BCUT2D eigenvalue weighted by Crippen LogP contribution is 2.31. The molecule has 0 radical (unpaired) electrons. The van der Waals surface area contributed by atoms with Crippen molar-refractivity contribution < 1.29 is 9.21 Å². The number of carbonyl (C=O) groups excluding carboxylic acids is 1. The molecule has 0 aliphatic heterocycles. The number of amides is 1. The summed E-state index contributed by atoms with van der Waals surface area (Å²) in [5, 5.41) is 4.23. The standard InChI is InChI=1S/C21H21NO2/c1-13-7-9-18-16(12-24-21(18)14(13)2)11-20(23)22-19-10-8-15-5-3-4-6-17(15)19/h3-7,9,12,19H,8,10-11H2,1-2H3,(H,22,23)/t19-/m1/s1. The maximum absolute atomic E-state index is 12.5. The molecule has 3 heteroatoms. The van der Waals surface area contributed by atoms with Gasteiger partial charge in [-0.05, 0) is 48.9 Å². The molecular weight excluding hydrogens is 298 g/mol. The monoisotopic (exact) mass is 319 g/mol. The maximum Gasteiger partial charge on any atom is 0.225 e. The fourth-order valence-corrected chi connectivity index (χ4v) is 3.65. The van der Waals surface area contributed by atoms with Crippen LogP contribution in [-0.4, -0.2) is 5.91 Å². The van der Waals surface area contributed by atoms with Gasteiger partial charge in [-0.2, -0.15) is 0 Å². The average molecular weight is 319 g/mol. The molecule has 0 bridgehead atoms. The summed E-state index contributed by atoms with van der Waals surface area (Å²) in [5.74, 6) is 0.0534. The highest BCUT2D eigenvalue weighted by atomic mass is 16.3. The van der Waals surface area contributed by atoms with Crippen molar-refractivity contribution in [1.29, 1.82) is 0 Å². The molecule has 1 atom stereocenters.